The van der Waals surface area contributed by atoms with Crippen LogP contribution in [0.15, 0.2) is 18.2 Å². The lowest BCUT2D eigenvalue weighted by molar-refractivity contribution is -0.0968. The molecule has 0 aromatic heterocycles. The van der Waals surface area contributed by atoms with E-state index in [0.717, 1.165) is 32.5 Å². The molecule has 0 bridgehead atoms. The largest absolute Gasteiger partial charge is 0.390 e. The van der Waals surface area contributed by atoms with Crippen LogP contribution in [-0.4, -0.2) is 28.7 Å². The molecule has 1 heterocycles. The van der Waals surface area contributed by atoms with Gasteiger partial charge in [0.05, 0.1) is 5.60 Å². The van der Waals surface area contributed by atoms with Crippen LogP contribution < -0.4 is 5.73 Å². The second kappa shape index (κ2) is 6.07. The molecule has 0 radical (unpaired) electrons. The predicted octanol–water partition coefficient (Wildman–Crippen LogP) is 2.58. The van der Waals surface area contributed by atoms with Crippen molar-refractivity contribution in [3.05, 3.63) is 34.9 Å². The van der Waals surface area contributed by atoms with Crippen molar-refractivity contribution in [2.24, 2.45) is 11.7 Å². The average molecular weight is 288 g/mol. The minimum atomic E-state index is -0.368. The zero-order valence-electron chi connectivity index (χ0n) is 13.1. The van der Waals surface area contributed by atoms with Gasteiger partial charge in [-0.3, -0.25) is 4.90 Å². The Kier molecular flexibility index (Phi) is 4.34. The first-order valence-electron chi connectivity index (χ1n) is 8.34. The summed E-state index contributed by atoms with van der Waals surface area (Å²) in [5.74, 6) is 0.476. The Bertz CT molecular complexity index is 502. The summed E-state index contributed by atoms with van der Waals surface area (Å²) < 4.78 is 0. The van der Waals surface area contributed by atoms with E-state index in [0.29, 0.717) is 12.5 Å². The Balaban J connectivity index is 1.66. The number of aliphatic hydroxyl groups is 1. The lowest BCUT2D eigenvalue weighted by Gasteiger charge is -2.47. The van der Waals surface area contributed by atoms with Gasteiger partial charge in [-0.05, 0) is 42.9 Å². The van der Waals surface area contributed by atoms with E-state index in [4.69, 9.17) is 5.73 Å². The van der Waals surface area contributed by atoms with Crippen molar-refractivity contribution in [3.8, 4) is 0 Å². The van der Waals surface area contributed by atoms with Gasteiger partial charge in [0.2, 0.25) is 0 Å². The second-order valence-electron chi connectivity index (χ2n) is 7.00. The zero-order chi connectivity index (χ0) is 14.9. The summed E-state index contributed by atoms with van der Waals surface area (Å²) in [6.45, 7) is 5.86. The van der Waals surface area contributed by atoms with Gasteiger partial charge in [0, 0.05) is 32.1 Å². The minimum Gasteiger partial charge on any atom is -0.390 e. The van der Waals surface area contributed by atoms with Crippen LogP contribution in [0, 0.1) is 12.8 Å². The number of aryl methyl sites for hydroxylation is 1. The third-order valence-electron chi connectivity index (χ3n) is 5.55. The van der Waals surface area contributed by atoms with Crippen molar-refractivity contribution >= 4 is 0 Å². The van der Waals surface area contributed by atoms with E-state index < -0.39 is 0 Å². The number of piperidine rings is 1. The van der Waals surface area contributed by atoms with E-state index in [1.807, 2.05) is 0 Å². The maximum atomic E-state index is 10.8. The lowest BCUT2D eigenvalue weighted by atomic mass is 9.71. The monoisotopic (exact) mass is 288 g/mol. The average Bonchev–Trinajstić information content (AvgIpc) is 2.49. The molecule has 1 aliphatic carbocycles. The highest BCUT2D eigenvalue weighted by Gasteiger charge is 2.42. The SMILES string of the molecule is Cc1cc(CN)ccc1CN1CCC2(O)CCCCC2C1. The zero-order valence-corrected chi connectivity index (χ0v) is 13.1. The molecular formula is C18H28N2O. The van der Waals surface area contributed by atoms with Crippen LogP contribution in [0.4, 0.5) is 0 Å². The molecule has 3 N–H and O–H groups in total. The fourth-order valence-corrected chi connectivity index (χ4v) is 4.09. The number of likely N-dealkylation sites (tertiary alicyclic amines) is 1. The van der Waals surface area contributed by atoms with E-state index in [1.54, 1.807) is 0 Å². The van der Waals surface area contributed by atoms with Gasteiger partial charge in [-0.2, -0.15) is 0 Å². The van der Waals surface area contributed by atoms with Crippen LogP contribution in [0.3, 0.4) is 0 Å². The normalized spacial score (nSPS) is 30.1. The lowest BCUT2D eigenvalue weighted by Crippen LogP contribution is -2.53. The van der Waals surface area contributed by atoms with E-state index in [-0.39, 0.29) is 5.60 Å². The number of hydrogen-bond donors (Lipinski definition) is 2. The first-order chi connectivity index (χ1) is 10.1. The van der Waals surface area contributed by atoms with Crippen LogP contribution in [0.5, 0.6) is 0 Å². The van der Waals surface area contributed by atoms with Crippen molar-refractivity contribution in [1.29, 1.82) is 0 Å². The summed E-state index contributed by atoms with van der Waals surface area (Å²) in [6, 6.07) is 6.57. The molecule has 2 aliphatic rings. The summed E-state index contributed by atoms with van der Waals surface area (Å²) >= 11 is 0. The van der Waals surface area contributed by atoms with Crippen molar-refractivity contribution in [3.63, 3.8) is 0 Å². The number of benzene rings is 1. The molecule has 0 amide bonds. The van der Waals surface area contributed by atoms with E-state index in [1.165, 1.54) is 36.0 Å². The molecule has 21 heavy (non-hydrogen) atoms. The summed E-state index contributed by atoms with van der Waals surface area (Å²) in [7, 11) is 0. The number of nitrogens with two attached hydrogens (primary N) is 1. The first-order valence-corrected chi connectivity index (χ1v) is 8.34. The van der Waals surface area contributed by atoms with Gasteiger partial charge in [0.15, 0.2) is 0 Å². The number of hydrogen-bond acceptors (Lipinski definition) is 3. The first kappa shape index (κ1) is 15.0. The summed E-state index contributed by atoms with van der Waals surface area (Å²) in [5, 5.41) is 10.8. The standard InChI is InChI=1S/C18H28N2O/c1-14-10-15(11-19)5-6-16(14)12-20-9-8-18(21)7-3-2-4-17(18)13-20/h5-6,10,17,21H,2-4,7-9,11-13,19H2,1H3. The Labute approximate surface area is 128 Å². The van der Waals surface area contributed by atoms with Crippen LogP contribution in [0.1, 0.15) is 48.8 Å². The molecule has 0 spiro atoms. The van der Waals surface area contributed by atoms with Crippen LogP contribution in [0.2, 0.25) is 0 Å². The Morgan fingerprint density at radius 1 is 1.33 bits per heavy atom. The van der Waals surface area contributed by atoms with Crippen LogP contribution in [0.25, 0.3) is 0 Å². The van der Waals surface area contributed by atoms with Crippen molar-refractivity contribution in [2.45, 2.75) is 57.7 Å². The summed E-state index contributed by atoms with van der Waals surface area (Å²) in [4.78, 5) is 2.52. The quantitative estimate of drug-likeness (QED) is 0.899. The van der Waals surface area contributed by atoms with E-state index in [2.05, 4.69) is 30.0 Å². The smallest absolute Gasteiger partial charge is 0.0700 e. The van der Waals surface area contributed by atoms with Crippen LogP contribution in [-0.2, 0) is 13.1 Å². The maximum absolute atomic E-state index is 10.8. The highest BCUT2D eigenvalue weighted by Crippen LogP contribution is 2.40. The van der Waals surface area contributed by atoms with Gasteiger partial charge < -0.3 is 10.8 Å². The molecule has 1 aliphatic heterocycles. The summed E-state index contributed by atoms with van der Waals surface area (Å²) in [6.07, 6.45) is 5.63. The molecule has 3 nitrogen and oxygen atoms in total. The number of rotatable bonds is 3. The molecule has 1 aromatic rings. The van der Waals surface area contributed by atoms with Gasteiger partial charge in [0.1, 0.15) is 0 Å². The van der Waals surface area contributed by atoms with Crippen molar-refractivity contribution in [1.82, 2.24) is 4.90 Å². The molecule has 1 saturated carbocycles. The van der Waals surface area contributed by atoms with Gasteiger partial charge >= 0.3 is 0 Å². The molecule has 1 aromatic carbocycles. The molecule has 116 valence electrons. The number of nitrogens with zero attached hydrogens (tertiary/aromatic N) is 1. The minimum absolute atomic E-state index is 0.368. The van der Waals surface area contributed by atoms with Crippen LogP contribution >= 0.6 is 0 Å². The molecule has 3 rings (SSSR count). The Hall–Kier alpha value is -0.900. The van der Waals surface area contributed by atoms with Crippen molar-refractivity contribution < 1.29 is 5.11 Å². The molecule has 2 atom stereocenters. The van der Waals surface area contributed by atoms with Crippen molar-refractivity contribution in [2.75, 3.05) is 13.1 Å². The third-order valence-corrected chi connectivity index (χ3v) is 5.55. The van der Waals surface area contributed by atoms with Gasteiger partial charge in [0.25, 0.3) is 0 Å². The van der Waals surface area contributed by atoms with E-state index >= 15 is 0 Å². The Morgan fingerprint density at radius 2 is 2.19 bits per heavy atom. The molecular weight excluding hydrogens is 260 g/mol. The van der Waals surface area contributed by atoms with Gasteiger partial charge in [-0.1, -0.05) is 31.0 Å². The molecule has 2 fully saturated rings. The second-order valence-corrected chi connectivity index (χ2v) is 7.00. The highest BCUT2D eigenvalue weighted by molar-refractivity contribution is 5.31. The number of fused-ring (bicyclic) bond motifs is 1. The molecule has 3 heteroatoms. The predicted molar refractivity (Wildman–Crippen MR) is 85.9 cm³/mol. The highest BCUT2D eigenvalue weighted by atomic mass is 16.3. The summed E-state index contributed by atoms with van der Waals surface area (Å²) in [5.41, 5.74) is 9.27. The van der Waals surface area contributed by atoms with E-state index in [9.17, 15) is 5.11 Å². The molecule has 1 saturated heterocycles. The van der Waals surface area contributed by atoms with Gasteiger partial charge in [-0.25, -0.2) is 0 Å². The van der Waals surface area contributed by atoms with Gasteiger partial charge in [-0.15, -0.1) is 0 Å². The maximum Gasteiger partial charge on any atom is 0.0700 e. The third kappa shape index (κ3) is 3.15. The molecule has 2 unspecified atom stereocenters. The Morgan fingerprint density at radius 3 is 2.95 bits per heavy atom. The fraction of sp³-hybridized carbons (Fsp3) is 0.667. The topological polar surface area (TPSA) is 49.5 Å². The fourth-order valence-electron chi connectivity index (χ4n) is 4.09.